The van der Waals surface area contributed by atoms with E-state index in [1.807, 2.05) is 5.01 Å². The number of rotatable bonds is 3. The molecule has 0 fully saturated rings. The minimum absolute atomic E-state index is 0.236. The molecule has 1 aromatic carbocycles. The highest BCUT2D eigenvalue weighted by molar-refractivity contribution is 9.10. The lowest BCUT2D eigenvalue weighted by molar-refractivity contribution is 0.625. The standard InChI is InChI=1S/C12H13Br2FN2S/c1-3-11-16-17(7(2)18-11)12-8(6-13)4-9(15)5-10(12)14/h4-5,7H,3,6H2,1-2H3. The van der Waals surface area contributed by atoms with Crippen LogP contribution in [0, 0.1) is 5.82 Å². The average molecular weight is 396 g/mol. The number of nitrogens with zero attached hydrogens (tertiary/aromatic N) is 2. The van der Waals surface area contributed by atoms with E-state index in [1.54, 1.807) is 17.8 Å². The first-order chi connectivity index (χ1) is 8.56. The van der Waals surface area contributed by atoms with Crippen molar-refractivity contribution in [1.82, 2.24) is 0 Å². The molecular formula is C12H13Br2FN2S. The predicted octanol–water partition coefficient (Wildman–Crippen LogP) is 5.11. The maximum Gasteiger partial charge on any atom is 0.124 e. The second kappa shape index (κ2) is 5.92. The number of anilines is 1. The Morgan fingerprint density at radius 1 is 1.50 bits per heavy atom. The fraction of sp³-hybridized carbons (Fsp3) is 0.417. The Balaban J connectivity index is 2.48. The van der Waals surface area contributed by atoms with Gasteiger partial charge in [-0.1, -0.05) is 34.6 Å². The van der Waals surface area contributed by atoms with Gasteiger partial charge < -0.3 is 0 Å². The van der Waals surface area contributed by atoms with Crippen molar-refractivity contribution < 1.29 is 4.39 Å². The molecule has 0 aliphatic carbocycles. The molecule has 0 saturated carbocycles. The molecule has 0 saturated heterocycles. The Morgan fingerprint density at radius 2 is 2.22 bits per heavy atom. The van der Waals surface area contributed by atoms with E-state index in [1.165, 1.54) is 6.07 Å². The van der Waals surface area contributed by atoms with Crippen LogP contribution in [0.5, 0.6) is 0 Å². The Hall–Kier alpha value is -0.0700. The van der Waals surface area contributed by atoms with Gasteiger partial charge in [0.15, 0.2) is 0 Å². The van der Waals surface area contributed by atoms with Gasteiger partial charge in [-0.05, 0) is 47.0 Å². The van der Waals surface area contributed by atoms with Crippen LogP contribution in [0.15, 0.2) is 21.7 Å². The van der Waals surface area contributed by atoms with Crippen molar-refractivity contribution in [2.24, 2.45) is 5.10 Å². The lowest BCUT2D eigenvalue weighted by Gasteiger charge is -2.23. The van der Waals surface area contributed by atoms with Gasteiger partial charge in [0.05, 0.1) is 10.7 Å². The normalized spacial score (nSPS) is 19.3. The summed E-state index contributed by atoms with van der Waals surface area (Å²) in [5.74, 6) is -0.237. The molecule has 0 aromatic heterocycles. The first kappa shape index (κ1) is 14.3. The molecular weight excluding hydrogens is 383 g/mol. The van der Waals surface area contributed by atoms with Crippen molar-refractivity contribution in [2.45, 2.75) is 31.0 Å². The summed E-state index contributed by atoms with van der Waals surface area (Å²) in [4.78, 5) is 0. The fourth-order valence-corrected chi connectivity index (χ4v) is 3.87. The van der Waals surface area contributed by atoms with Crippen molar-refractivity contribution in [3.63, 3.8) is 0 Å². The van der Waals surface area contributed by atoms with Gasteiger partial charge in [-0.2, -0.15) is 5.10 Å². The number of hydrazone groups is 1. The van der Waals surface area contributed by atoms with Crippen LogP contribution in [-0.2, 0) is 5.33 Å². The molecule has 1 aliphatic heterocycles. The van der Waals surface area contributed by atoms with E-state index in [4.69, 9.17) is 0 Å². The minimum Gasteiger partial charge on any atom is -0.250 e. The number of halogens is 3. The molecule has 0 N–H and O–H groups in total. The number of thioether (sulfide) groups is 1. The molecule has 1 unspecified atom stereocenters. The molecule has 0 spiro atoms. The van der Waals surface area contributed by atoms with Gasteiger partial charge >= 0.3 is 0 Å². The molecule has 98 valence electrons. The summed E-state index contributed by atoms with van der Waals surface area (Å²) in [6.45, 7) is 4.19. The van der Waals surface area contributed by atoms with E-state index in [0.717, 1.165) is 27.2 Å². The van der Waals surface area contributed by atoms with Crippen LogP contribution in [0.3, 0.4) is 0 Å². The van der Waals surface area contributed by atoms with E-state index < -0.39 is 0 Å². The third-order valence-electron chi connectivity index (χ3n) is 2.65. The molecule has 1 aromatic rings. The number of hydrogen-bond donors (Lipinski definition) is 0. The van der Waals surface area contributed by atoms with Crippen molar-refractivity contribution in [3.05, 3.63) is 28.0 Å². The molecule has 2 nitrogen and oxygen atoms in total. The summed E-state index contributed by atoms with van der Waals surface area (Å²) >= 11 is 8.59. The third kappa shape index (κ3) is 2.75. The van der Waals surface area contributed by atoms with Crippen LogP contribution >= 0.6 is 43.6 Å². The van der Waals surface area contributed by atoms with E-state index in [2.05, 4.69) is 50.8 Å². The maximum atomic E-state index is 13.4. The number of hydrogen-bond acceptors (Lipinski definition) is 3. The van der Waals surface area contributed by atoms with E-state index in [9.17, 15) is 4.39 Å². The Bertz CT molecular complexity index is 493. The monoisotopic (exact) mass is 394 g/mol. The van der Waals surface area contributed by atoms with Gasteiger partial charge in [-0.3, -0.25) is 5.01 Å². The fourth-order valence-electron chi connectivity index (χ4n) is 1.84. The van der Waals surface area contributed by atoms with E-state index in [0.29, 0.717) is 5.33 Å². The Morgan fingerprint density at radius 3 is 2.78 bits per heavy atom. The van der Waals surface area contributed by atoms with Gasteiger partial charge in [-0.15, -0.1) is 0 Å². The maximum absolute atomic E-state index is 13.4. The quantitative estimate of drug-likeness (QED) is 0.661. The molecule has 1 heterocycles. The van der Waals surface area contributed by atoms with Gasteiger partial charge in [0.25, 0.3) is 0 Å². The molecule has 6 heteroatoms. The van der Waals surface area contributed by atoms with Crippen LogP contribution < -0.4 is 5.01 Å². The molecule has 0 bridgehead atoms. The van der Waals surface area contributed by atoms with Gasteiger partial charge in [0.2, 0.25) is 0 Å². The zero-order chi connectivity index (χ0) is 13.3. The SMILES string of the molecule is CCC1=NN(c2c(Br)cc(F)cc2CBr)C(C)S1. The number of alkyl halides is 1. The summed E-state index contributed by atoms with van der Waals surface area (Å²) in [6, 6.07) is 3.03. The molecule has 18 heavy (non-hydrogen) atoms. The van der Waals surface area contributed by atoms with Crippen LogP contribution in [0.25, 0.3) is 0 Å². The van der Waals surface area contributed by atoms with Crippen molar-refractivity contribution >= 4 is 54.4 Å². The highest BCUT2D eigenvalue weighted by Crippen LogP contribution is 2.39. The van der Waals surface area contributed by atoms with Gasteiger partial charge in [-0.25, -0.2) is 4.39 Å². The second-order valence-corrected chi connectivity index (χ2v) is 6.74. The highest BCUT2D eigenvalue weighted by atomic mass is 79.9. The summed E-state index contributed by atoms with van der Waals surface area (Å²) < 4.78 is 14.2. The summed E-state index contributed by atoms with van der Waals surface area (Å²) in [5.41, 5.74) is 1.84. The van der Waals surface area contributed by atoms with Crippen LogP contribution in [0.1, 0.15) is 25.8 Å². The molecule has 1 aliphatic rings. The van der Waals surface area contributed by atoms with Crippen LogP contribution in [0.4, 0.5) is 10.1 Å². The second-order valence-electron chi connectivity index (χ2n) is 3.94. The summed E-state index contributed by atoms with van der Waals surface area (Å²) in [6.07, 6.45) is 0.925. The lowest BCUT2D eigenvalue weighted by atomic mass is 10.2. The molecule has 0 amide bonds. The first-order valence-corrected chi connectivity index (χ1v) is 8.43. The van der Waals surface area contributed by atoms with Crippen molar-refractivity contribution in [2.75, 3.05) is 5.01 Å². The van der Waals surface area contributed by atoms with Crippen molar-refractivity contribution in [3.8, 4) is 0 Å². The highest BCUT2D eigenvalue weighted by Gasteiger charge is 2.27. The summed E-state index contributed by atoms with van der Waals surface area (Å²) in [7, 11) is 0. The van der Waals surface area contributed by atoms with Gasteiger partial charge in [0.1, 0.15) is 11.2 Å². The summed E-state index contributed by atoms with van der Waals surface area (Å²) in [5, 5.41) is 8.51. The smallest absolute Gasteiger partial charge is 0.124 e. The Labute approximate surface area is 127 Å². The zero-order valence-electron chi connectivity index (χ0n) is 10.1. The zero-order valence-corrected chi connectivity index (χ0v) is 14.1. The largest absolute Gasteiger partial charge is 0.250 e. The average Bonchev–Trinajstić information content (AvgIpc) is 2.69. The lowest BCUT2D eigenvalue weighted by Crippen LogP contribution is -2.22. The van der Waals surface area contributed by atoms with Gasteiger partial charge in [0, 0.05) is 9.80 Å². The van der Waals surface area contributed by atoms with E-state index in [-0.39, 0.29) is 11.2 Å². The third-order valence-corrected chi connectivity index (χ3v) is 5.04. The molecule has 2 rings (SSSR count). The van der Waals surface area contributed by atoms with Crippen LogP contribution in [-0.4, -0.2) is 10.4 Å². The predicted molar refractivity (Wildman–Crippen MR) is 84.0 cm³/mol. The van der Waals surface area contributed by atoms with E-state index >= 15 is 0 Å². The first-order valence-electron chi connectivity index (χ1n) is 5.64. The topological polar surface area (TPSA) is 15.6 Å². The molecule has 0 radical (unpaired) electrons. The Kier molecular flexibility index (Phi) is 4.72. The van der Waals surface area contributed by atoms with Crippen LogP contribution in [0.2, 0.25) is 0 Å². The number of benzene rings is 1. The van der Waals surface area contributed by atoms with Crippen molar-refractivity contribution in [1.29, 1.82) is 0 Å². The molecule has 1 atom stereocenters. The minimum atomic E-state index is -0.237.